The Labute approximate surface area is 159 Å². The summed E-state index contributed by atoms with van der Waals surface area (Å²) in [5, 5.41) is 0. The zero-order valence-corrected chi connectivity index (χ0v) is 15.2. The number of aromatic amines is 1. The second-order valence-electron chi connectivity index (χ2n) is 7.23. The summed E-state index contributed by atoms with van der Waals surface area (Å²) >= 11 is 0. The molecule has 0 bridgehead atoms. The Kier molecular flexibility index (Phi) is 4.24. The summed E-state index contributed by atoms with van der Waals surface area (Å²) in [5.41, 5.74) is 5.80. The summed E-state index contributed by atoms with van der Waals surface area (Å²) < 4.78 is 16.8. The van der Waals surface area contributed by atoms with Crippen LogP contribution in [0.25, 0.3) is 0 Å². The number of H-pyrrole nitrogens is 1. The van der Waals surface area contributed by atoms with Crippen LogP contribution in [0, 0.1) is 0 Å². The standard InChI is InChI=1S/C23H23NO3/c1-2-6-17-14-18(13-16(17)5-1)19-10-11-24-20(19)7-4-12-25-21-8-3-9-22-23(21)27-15-26-22/h1-3,5-6,8-11,18,24H,4,7,12-15H2. The lowest BCUT2D eigenvalue weighted by atomic mass is 9.95. The van der Waals surface area contributed by atoms with Crippen LogP contribution in [0.3, 0.4) is 0 Å². The average Bonchev–Trinajstić information content (AvgIpc) is 3.43. The Morgan fingerprint density at radius 1 is 0.963 bits per heavy atom. The first-order chi connectivity index (χ1) is 13.4. The zero-order valence-electron chi connectivity index (χ0n) is 15.2. The van der Waals surface area contributed by atoms with E-state index in [4.69, 9.17) is 14.2 Å². The van der Waals surface area contributed by atoms with Crippen molar-refractivity contribution in [2.24, 2.45) is 0 Å². The molecule has 0 atom stereocenters. The number of hydrogen-bond donors (Lipinski definition) is 1. The van der Waals surface area contributed by atoms with E-state index in [9.17, 15) is 0 Å². The van der Waals surface area contributed by atoms with Crippen LogP contribution in [0.1, 0.15) is 34.7 Å². The van der Waals surface area contributed by atoms with E-state index in [-0.39, 0.29) is 6.79 Å². The molecule has 2 heterocycles. The first kappa shape index (κ1) is 16.3. The molecule has 1 N–H and O–H groups in total. The Balaban J connectivity index is 1.19. The van der Waals surface area contributed by atoms with Crippen LogP contribution in [0.4, 0.5) is 0 Å². The Hall–Kier alpha value is -2.88. The zero-order chi connectivity index (χ0) is 18.1. The Morgan fingerprint density at radius 3 is 2.67 bits per heavy atom. The van der Waals surface area contributed by atoms with Crippen molar-refractivity contribution in [2.45, 2.75) is 31.6 Å². The largest absolute Gasteiger partial charge is 0.490 e. The van der Waals surface area contributed by atoms with Crippen molar-refractivity contribution in [3.63, 3.8) is 0 Å². The quantitative estimate of drug-likeness (QED) is 0.651. The number of nitrogens with one attached hydrogen (secondary N) is 1. The second kappa shape index (κ2) is 7.03. The van der Waals surface area contributed by atoms with Gasteiger partial charge in [-0.1, -0.05) is 30.3 Å². The minimum Gasteiger partial charge on any atom is -0.490 e. The monoisotopic (exact) mass is 361 g/mol. The topological polar surface area (TPSA) is 43.5 Å². The molecule has 2 aliphatic rings. The van der Waals surface area contributed by atoms with Crippen molar-refractivity contribution in [3.05, 3.63) is 77.1 Å². The second-order valence-corrected chi connectivity index (χ2v) is 7.23. The maximum absolute atomic E-state index is 5.94. The van der Waals surface area contributed by atoms with Gasteiger partial charge in [0.1, 0.15) is 0 Å². The van der Waals surface area contributed by atoms with Gasteiger partial charge in [-0.3, -0.25) is 0 Å². The van der Waals surface area contributed by atoms with Gasteiger partial charge in [-0.25, -0.2) is 0 Å². The minimum absolute atomic E-state index is 0.269. The predicted octanol–water partition coefficient (Wildman–Crippen LogP) is 4.64. The van der Waals surface area contributed by atoms with Crippen LogP contribution in [0.2, 0.25) is 0 Å². The molecule has 4 nitrogen and oxygen atoms in total. The van der Waals surface area contributed by atoms with Crippen molar-refractivity contribution in [1.82, 2.24) is 4.98 Å². The number of ether oxygens (including phenoxy) is 3. The van der Waals surface area contributed by atoms with Gasteiger partial charge in [0.2, 0.25) is 12.5 Å². The van der Waals surface area contributed by atoms with Gasteiger partial charge >= 0.3 is 0 Å². The number of para-hydroxylation sites is 1. The van der Waals surface area contributed by atoms with E-state index in [0.717, 1.165) is 42.9 Å². The van der Waals surface area contributed by atoms with Crippen LogP contribution < -0.4 is 14.2 Å². The van der Waals surface area contributed by atoms with Crippen LogP contribution in [-0.4, -0.2) is 18.4 Å². The van der Waals surface area contributed by atoms with E-state index in [1.54, 1.807) is 0 Å². The molecule has 1 aromatic heterocycles. The first-order valence-electron chi connectivity index (χ1n) is 9.63. The maximum atomic E-state index is 5.94. The van der Waals surface area contributed by atoms with Crippen LogP contribution >= 0.6 is 0 Å². The number of benzene rings is 2. The fourth-order valence-corrected chi connectivity index (χ4v) is 4.24. The molecular weight excluding hydrogens is 338 g/mol. The molecule has 0 saturated heterocycles. The van der Waals surface area contributed by atoms with Crippen LogP contribution in [0.5, 0.6) is 17.2 Å². The number of hydrogen-bond acceptors (Lipinski definition) is 3. The van der Waals surface area contributed by atoms with Crippen molar-refractivity contribution in [3.8, 4) is 17.2 Å². The molecular formula is C23H23NO3. The third kappa shape index (κ3) is 3.16. The third-order valence-electron chi connectivity index (χ3n) is 5.55. The summed E-state index contributed by atoms with van der Waals surface area (Å²) in [6.07, 6.45) is 6.30. The lowest BCUT2D eigenvalue weighted by Gasteiger charge is -2.12. The number of aryl methyl sites for hydroxylation is 1. The van der Waals surface area contributed by atoms with Gasteiger partial charge < -0.3 is 19.2 Å². The molecule has 1 aliphatic carbocycles. The lowest BCUT2D eigenvalue weighted by molar-refractivity contribution is 0.169. The van der Waals surface area contributed by atoms with Crippen molar-refractivity contribution in [1.29, 1.82) is 0 Å². The van der Waals surface area contributed by atoms with E-state index < -0.39 is 0 Å². The van der Waals surface area contributed by atoms with E-state index in [2.05, 4.69) is 41.5 Å². The highest BCUT2D eigenvalue weighted by molar-refractivity contribution is 5.52. The van der Waals surface area contributed by atoms with Crippen molar-refractivity contribution < 1.29 is 14.2 Å². The van der Waals surface area contributed by atoms with E-state index in [0.29, 0.717) is 12.5 Å². The normalized spacial score (nSPS) is 15.1. The van der Waals surface area contributed by atoms with Crippen molar-refractivity contribution in [2.75, 3.05) is 13.4 Å². The maximum Gasteiger partial charge on any atom is 0.231 e. The summed E-state index contributed by atoms with van der Waals surface area (Å²) in [4.78, 5) is 3.45. The van der Waals surface area contributed by atoms with E-state index in [1.165, 1.54) is 22.4 Å². The van der Waals surface area contributed by atoms with Crippen LogP contribution in [0.15, 0.2) is 54.7 Å². The summed E-state index contributed by atoms with van der Waals surface area (Å²) in [6.45, 7) is 0.925. The summed E-state index contributed by atoms with van der Waals surface area (Å²) in [7, 11) is 0. The van der Waals surface area contributed by atoms with Gasteiger partial charge in [-0.15, -0.1) is 0 Å². The molecule has 0 saturated carbocycles. The van der Waals surface area contributed by atoms with Gasteiger partial charge in [0, 0.05) is 11.9 Å². The minimum atomic E-state index is 0.269. The molecule has 3 aromatic rings. The highest BCUT2D eigenvalue weighted by atomic mass is 16.7. The molecule has 0 fully saturated rings. The number of rotatable bonds is 6. The molecule has 5 rings (SSSR count). The number of fused-ring (bicyclic) bond motifs is 2. The average molecular weight is 361 g/mol. The highest BCUT2D eigenvalue weighted by Crippen LogP contribution is 2.40. The first-order valence-corrected chi connectivity index (χ1v) is 9.63. The van der Waals surface area contributed by atoms with Gasteiger partial charge in [0.25, 0.3) is 0 Å². The fraction of sp³-hybridized carbons (Fsp3) is 0.304. The van der Waals surface area contributed by atoms with Crippen molar-refractivity contribution >= 4 is 0 Å². The predicted molar refractivity (Wildman–Crippen MR) is 104 cm³/mol. The van der Waals surface area contributed by atoms with Gasteiger partial charge in [-0.05, 0) is 66.5 Å². The molecule has 0 spiro atoms. The number of aromatic nitrogens is 1. The molecule has 0 radical (unpaired) electrons. The highest BCUT2D eigenvalue weighted by Gasteiger charge is 2.24. The fourth-order valence-electron chi connectivity index (χ4n) is 4.24. The summed E-state index contributed by atoms with van der Waals surface area (Å²) in [5.74, 6) is 2.84. The molecule has 0 unspecified atom stereocenters. The lowest BCUT2D eigenvalue weighted by Crippen LogP contribution is -2.04. The molecule has 138 valence electrons. The smallest absolute Gasteiger partial charge is 0.231 e. The van der Waals surface area contributed by atoms with Gasteiger partial charge in [0.15, 0.2) is 11.5 Å². The van der Waals surface area contributed by atoms with Gasteiger partial charge in [-0.2, -0.15) is 0 Å². The molecule has 4 heteroatoms. The van der Waals surface area contributed by atoms with E-state index in [1.807, 2.05) is 18.2 Å². The summed E-state index contributed by atoms with van der Waals surface area (Å²) in [6, 6.07) is 16.8. The van der Waals surface area contributed by atoms with E-state index >= 15 is 0 Å². The van der Waals surface area contributed by atoms with Crippen LogP contribution in [-0.2, 0) is 19.3 Å². The molecule has 2 aromatic carbocycles. The van der Waals surface area contributed by atoms with Gasteiger partial charge in [0.05, 0.1) is 6.61 Å². The Bertz CT molecular complexity index is 921. The molecule has 27 heavy (non-hydrogen) atoms. The SMILES string of the molecule is c1ccc2c(c1)CC(c1cc[nH]c1CCCOc1cccc3c1OCO3)C2. The Morgan fingerprint density at radius 2 is 1.81 bits per heavy atom. The third-order valence-corrected chi connectivity index (χ3v) is 5.55. The molecule has 1 aliphatic heterocycles. The molecule has 0 amide bonds.